The molecule has 110 valence electrons. The van der Waals surface area contributed by atoms with Crippen LogP contribution >= 0.6 is 27.5 Å². The molecule has 0 bridgehead atoms. The molecule has 0 aliphatic carbocycles. The van der Waals surface area contributed by atoms with E-state index in [-0.39, 0.29) is 0 Å². The van der Waals surface area contributed by atoms with Crippen molar-refractivity contribution in [1.29, 1.82) is 0 Å². The van der Waals surface area contributed by atoms with Gasteiger partial charge in [0.1, 0.15) is 5.75 Å². The maximum absolute atomic E-state index is 10.6. The molecule has 4 heteroatoms. The predicted molar refractivity (Wildman–Crippen MR) is 88.2 cm³/mol. The van der Waals surface area contributed by atoms with E-state index in [0.717, 1.165) is 38.9 Å². The highest BCUT2D eigenvalue weighted by Gasteiger charge is 2.21. The van der Waals surface area contributed by atoms with Gasteiger partial charge in [-0.1, -0.05) is 45.7 Å². The van der Waals surface area contributed by atoms with E-state index in [0.29, 0.717) is 18.1 Å². The van der Waals surface area contributed by atoms with Gasteiger partial charge in [0, 0.05) is 22.3 Å². The summed E-state index contributed by atoms with van der Waals surface area (Å²) in [5.74, 6) is 0.891. The van der Waals surface area contributed by atoms with E-state index >= 15 is 0 Å². The first-order chi connectivity index (χ1) is 10.1. The smallest absolute Gasteiger partial charge is 0.126 e. The molecular formula is C17H16BrClO2. The lowest BCUT2D eigenvalue weighted by Crippen LogP contribution is -2.05. The molecule has 1 unspecified atom stereocenters. The van der Waals surface area contributed by atoms with Crippen LogP contribution in [-0.4, -0.2) is 11.7 Å². The van der Waals surface area contributed by atoms with Crippen molar-refractivity contribution in [2.24, 2.45) is 0 Å². The minimum atomic E-state index is -0.592. The molecular weight excluding hydrogens is 352 g/mol. The quantitative estimate of drug-likeness (QED) is 0.857. The minimum Gasteiger partial charge on any atom is -0.493 e. The zero-order valence-corrected chi connectivity index (χ0v) is 14.0. The summed E-state index contributed by atoms with van der Waals surface area (Å²) in [6, 6.07) is 9.74. The Kier molecular flexibility index (Phi) is 4.25. The summed E-state index contributed by atoms with van der Waals surface area (Å²) in [7, 11) is 0. The SMILES string of the molecule is Cc1cccc(C(O)Cc2cc(Cl)cc3c2OCC3)c1Br. The van der Waals surface area contributed by atoms with Crippen molar-refractivity contribution < 1.29 is 9.84 Å². The lowest BCUT2D eigenvalue weighted by Gasteiger charge is -2.16. The van der Waals surface area contributed by atoms with Crippen molar-refractivity contribution in [2.45, 2.75) is 25.9 Å². The van der Waals surface area contributed by atoms with Crippen LogP contribution in [0, 0.1) is 6.92 Å². The topological polar surface area (TPSA) is 29.5 Å². The Hall–Kier alpha value is -1.03. The standard InChI is InChI=1S/C17H16BrClO2/c1-10-3-2-4-14(16(10)18)15(20)9-12-8-13(19)7-11-5-6-21-17(11)12/h2-4,7-8,15,20H,5-6,9H2,1H3. The predicted octanol–water partition coefficient (Wildman–Crippen LogP) is 4.62. The van der Waals surface area contributed by atoms with Crippen LogP contribution in [0.4, 0.5) is 0 Å². The Balaban J connectivity index is 1.92. The number of hydrogen-bond acceptors (Lipinski definition) is 2. The lowest BCUT2D eigenvalue weighted by molar-refractivity contribution is 0.176. The fourth-order valence-electron chi connectivity index (χ4n) is 2.74. The average Bonchev–Trinajstić information content (AvgIpc) is 2.90. The Labute approximate surface area is 137 Å². The molecule has 0 amide bonds. The summed E-state index contributed by atoms with van der Waals surface area (Å²) < 4.78 is 6.65. The molecule has 1 N–H and O–H groups in total. The van der Waals surface area contributed by atoms with Crippen LogP contribution in [0.3, 0.4) is 0 Å². The molecule has 3 rings (SSSR count). The molecule has 1 atom stereocenters. The van der Waals surface area contributed by atoms with E-state index in [1.165, 1.54) is 0 Å². The van der Waals surface area contributed by atoms with Crippen LogP contribution in [0.15, 0.2) is 34.8 Å². The zero-order chi connectivity index (χ0) is 15.0. The Morgan fingerprint density at radius 3 is 3.00 bits per heavy atom. The minimum absolute atomic E-state index is 0.491. The Bertz CT molecular complexity index is 685. The monoisotopic (exact) mass is 366 g/mol. The van der Waals surface area contributed by atoms with Gasteiger partial charge < -0.3 is 9.84 Å². The Morgan fingerprint density at radius 1 is 1.38 bits per heavy atom. The average molecular weight is 368 g/mol. The first kappa shape index (κ1) is 14.9. The van der Waals surface area contributed by atoms with Crippen LogP contribution in [-0.2, 0) is 12.8 Å². The normalized spacial score (nSPS) is 14.7. The summed E-state index contributed by atoms with van der Waals surface area (Å²) in [4.78, 5) is 0. The van der Waals surface area contributed by atoms with Crippen LogP contribution in [0.2, 0.25) is 5.02 Å². The van der Waals surface area contributed by atoms with Gasteiger partial charge in [0.15, 0.2) is 0 Å². The highest BCUT2D eigenvalue weighted by molar-refractivity contribution is 9.10. The van der Waals surface area contributed by atoms with E-state index in [4.69, 9.17) is 16.3 Å². The summed E-state index contributed by atoms with van der Waals surface area (Å²) in [5, 5.41) is 11.3. The molecule has 0 aromatic heterocycles. The number of hydrogen-bond donors (Lipinski definition) is 1. The highest BCUT2D eigenvalue weighted by Crippen LogP contribution is 2.36. The van der Waals surface area contributed by atoms with Gasteiger partial charge in [-0.05, 0) is 41.3 Å². The maximum Gasteiger partial charge on any atom is 0.126 e. The molecule has 2 nitrogen and oxygen atoms in total. The van der Waals surface area contributed by atoms with E-state index in [9.17, 15) is 5.11 Å². The van der Waals surface area contributed by atoms with Crippen molar-refractivity contribution >= 4 is 27.5 Å². The van der Waals surface area contributed by atoms with Crippen molar-refractivity contribution in [3.8, 4) is 5.75 Å². The van der Waals surface area contributed by atoms with Crippen molar-refractivity contribution in [3.05, 3.63) is 62.1 Å². The number of aliphatic hydroxyl groups is 1. The van der Waals surface area contributed by atoms with E-state index < -0.39 is 6.10 Å². The summed E-state index contributed by atoms with van der Waals surface area (Å²) in [5.41, 5.74) is 4.10. The van der Waals surface area contributed by atoms with E-state index in [1.807, 2.05) is 37.3 Å². The first-order valence-electron chi connectivity index (χ1n) is 6.93. The molecule has 1 aliphatic rings. The van der Waals surface area contributed by atoms with Crippen molar-refractivity contribution in [1.82, 2.24) is 0 Å². The van der Waals surface area contributed by atoms with Crippen LogP contribution in [0.25, 0.3) is 0 Å². The molecule has 2 aromatic rings. The van der Waals surface area contributed by atoms with Gasteiger partial charge in [-0.15, -0.1) is 0 Å². The largest absolute Gasteiger partial charge is 0.493 e. The van der Waals surface area contributed by atoms with Gasteiger partial charge in [-0.2, -0.15) is 0 Å². The molecule has 0 saturated heterocycles. The van der Waals surface area contributed by atoms with E-state index in [2.05, 4.69) is 15.9 Å². The van der Waals surface area contributed by atoms with Crippen molar-refractivity contribution in [3.63, 3.8) is 0 Å². The summed E-state index contributed by atoms with van der Waals surface area (Å²) in [6.45, 7) is 2.70. The number of aliphatic hydroxyl groups excluding tert-OH is 1. The number of ether oxygens (including phenoxy) is 1. The lowest BCUT2D eigenvalue weighted by atomic mass is 9.98. The molecule has 0 saturated carbocycles. The zero-order valence-electron chi connectivity index (χ0n) is 11.7. The number of rotatable bonds is 3. The molecule has 21 heavy (non-hydrogen) atoms. The van der Waals surface area contributed by atoms with Crippen molar-refractivity contribution in [2.75, 3.05) is 6.61 Å². The fraction of sp³-hybridized carbons (Fsp3) is 0.294. The molecule has 1 aliphatic heterocycles. The van der Waals surface area contributed by atoms with Crippen LogP contribution in [0.1, 0.15) is 28.4 Å². The molecule has 1 heterocycles. The fourth-order valence-corrected chi connectivity index (χ4v) is 3.54. The van der Waals surface area contributed by atoms with Gasteiger partial charge in [0.25, 0.3) is 0 Å². The van der Waals surface area contributed by atoms with Gasteiger partial charge in [0.2, 0.25) is 0 Å². The number of aryl methyl sites for hydroxylation is 1. The van der Waals surface area contributed by atoms with Gasteiger partial charge in [0.05, 0.1) is 12.7 Å². The Morgan fingerprint density at radius 2 is 2.19 bits per heavy atom. The third kappa shape index (κ3) is 2.96. The number of halogens is 2. The van der Waals surface area contributed by atoms with Gasteiger partial charge in [-0.3, -0.25) is 0 Å². The molecule has 2 aromatic carbocycles. The third-order valence-corrected chi connectivity index (χ3v) is 5.12. The second-order valence-corrected chi connectivity index (χ2v) is 6.58. The first-order valence-corrected chi connectivity index (χ1v) is 8.10. The van der Waals surface area contributed by atoms with Gasteiger partial charge >= 0.3 is 0 Å². The third-order valence-electron chi connectivity index (χ3n) is 3.82. The highest BCUT2D eigenvalue weighted by atomic mass is 79.9. The second-order valence-electron chi connectivity index (χ2n) is 5.35. The van der Waals surface area contributed by atoms with Gasteiger partial charge in [-0.25, -0.2) is 0 Å². The van der Waals surface area contributed by atoms with E-state index in [1.54, 1.807) is 0 Å². The summed E-state index contributed by atoms with van der Waals surface area (Å²) in [6.07, 6.45) is 0.781. The van der Waals surface area contributed by atoms with Crippen LogP contribution in [0.5, 0.6) is 5.75 Å². The molecule has 0 fully saturated rings. The van der Waals surface area contributed by atoms with Crippen LogP contribution < -0.4 is 4.74 Å². The second kappa shape index (κ2) is 5.99. The number of benzene rings is 2. The number of fused-ring (bicyclic) bond motifs is 1. The molecule has 0 radical (unpaired) electrons. The molecule has 0 spiro atoms. The maximum atomic E-state index is 10.6. The summed E-state index contributed by atoms with van der Waals surface area (Å²) >= 11 is 9.72.